The van der Waals surface area contributed by atoms with Crippen LogP contribution < -0.4 is 4.90 Å². The van der Waals surface area contributed by atoms with Gasteiger partial charge in [0.2, 0.25) is 5.76 Å². The van der Waals surface area contributed by atoms with Crippen LogP contribution in [0.1, 0.15) is 28.1 Å². The van der Waals surface area contributed by atoms with Crippen molar-refractivity contribution in [3.05, 3.63) is 47.3 Å². The van der Waals surface area contributed by atoms with E-state index in [1.165, 1.54) is 11.1 Å². The second kappa shape index (κ2) is 6.21. The molecule has 0 radical (unpaired) electrons. The largest absolute Gasteiger partial charge is 0.481 e. The number of carboxylic acid groups (broad SMARTS) is 1. The summed E-state index contributed by atoms with van der Waals surface area (Å²) in [4.78, 5) is 24.8. The van der Waals surface area contributed by atoms with Crippen LogP contribution >= 0.6 is 0 Å². The van der Waals surface area contributed by atoms with Gasteiger partial charge in [-0.25, -0.2) is 0 Å². The molecular formula is C15H16N2O4. The van der Waals surface area contributed by atoms with Crippen molar-refractivity contribution in [2.24, 2.45) is 0 Å². The van der Waals surface area contributed by atoms with Crippen LogP contribution in [-0.4, -0.2) is 28.7 Å². The topological polar surface area (TPSA) is 83.6 Å². The molecule has 0 atom stereocenters. The summed E-state index contributed by atoms with van der Waals surface area (Å²) >= 11 is 0. The number of carbonyl (C=O) groups excluding carboxylic acids is 1. The third-order valence-corrected chi connectivity index (χ3v) is 3.14. The molecule has 0 spiro atoms. The molecule has 0 aliphatic carbocycles. The zero-order valence-electron chi connectivity index (χ0n) is 11.9. The predicted molar refractivity (Wildman–Crippen MR) is 76.3 cm³/mol. The molecule has 6 nitrogen and oxygen atoms in total. The SMILES string of the molecule is Cc1ccccc1N(CCC(=O)O)C(=O)c1oncc1C. The third kappa shape index (κ3) is 3.28. The van der Waals surface area contributed by atoms with Crippen LogP contribution in [0.25, 0.3) is 0 Å². The van der Waals surface area contributed by atoms with Crippen LogP contribution in [0, 0.1) is 13.8 Å². The number of hydrogen-bond acceptors (Lipinski definition) is 4. The van der Waals surface area contributed by atoms with Gasteiger partial charge in [0, 0.05) is 17.8 Å². The maximum atomic E-state index is 12.6. The molecule has 1 aromatic heterocycles. The normalized spacial score (nSPS) is 10.4. The van der Waals surface area contributed by atoms with Crippen LogP contribution in [0.4, 0.5) is 5.69 Å². The number of rotatable bonds is 5. The number of hydrogen-bond donors (Lipinski definition) is 1. The average molecular weight is 288 g/mol. The van der Waals surface area contributed by atoms with E-state index in [0.29, 0.717) is 11.3 Å². The van der Waals surface area contributed by atoms with Crippen molar-refractivity contribution < 1.29 is 19.2 Å². The number of aromatic nitrogens is 1. The van der Waals surface area contributed by atoms with Gasteiger partial charge in [0.25, 0.3) is 5.91 Å². The van der Waals surface area contributed by atoms with Gasteiger partial charge < -0.3 is 14.5 Å². The molecule has 21 heavy (non-hydrogen) atoms. The zero-order chi connectivity index (χ0) is 15.4. The summed E-state index contributed by atoms with van der Waals surface area (Å²) in [6.45, 7) is 3.65. The first-order valence-corrected chi connectivity index (χ1v) is 6.51. The van der Waals surface area contributed by atoms with Gasteiger partial charge in [0.15, 0.2) is 0 Å². The lowest BCUT2D eigenvalue weighted by atomic mass is 10.1. The number of aliphatic carboxylic acids is 1. The summed E-state index contributed by atoms with van der Waals surface area (Å²) in [5.41, 5.74) is 2.17. The Morgan fingerprint density at radius 3 is 2.52 bits per heavy atom. The fourth-order valence-electron chi connectivity index (χ4n) is 2.02. The minimum atomic E-state index is -0.962. The first-order chi connectivity index (χ1) is 10.0. The summed E-state index contributed by atoms with van der Waals surface area (Å²) in [6.07, 6.45) is 1.31. The Kier molecular flexibility index (Phi) is 4.37. The Labute approximate surface area is 122 Å². The lowest BCUT2D eigenvalue weighted by Crippen LogP contribution is -2.33. The lowest BCUT2D eigenvalue weighted by Gasteiger charge is -2.23. The Hall–Kier alpha value is -2.63. The highest BCUT2D eigenvalue weighted by atomic mass is 16.5. The maximum Gasteiger partial charge on any atom is 0.305 e. The standard InChI is InChI=1S/C15H16N2O4/c1-10-5-3-4-6-12(10)17(8-7-13(18)19)15(20)14-11(2)9-16-21-14/h3-6,9H,7-8H2,1-2H3,(H,18,19). The molecule has 6 heteroatoms. The molecule has 0 saturated carbocycles. The van der Waals surface area contributed by atoms with Gasteiger partial charge >= 0.3 is 5.97 Å². The third-order valence-electron chi connectivity index (χ3n) is 3.14. The molecule has 0 unspecified atom stereocenters. The van der Waals surface area contributed by atoms with Crippen LogP contribution in [0.2, 0.25) is 0 Å². The van der Waals surface area contributed by atoms with E-state index in [2.05, 4.69) is 5.16 Å². The molecule has 0 saturated heterocycles. The van der Waals surface area contributed by atoms with Gasteiger partial charge in [-0.15, -0.1) is 0 Å². The van der Waals surface area contributed by atoms with Crippen LogP contribution in [0.5, 0.6) is 0 Å². The lowest BCUT2D eigenvalue weighted by molar-refractivity contribution is -0.136. The van der Waals surface area contributed by atoms with Gasteiger partial charge in [-0.3, -0.25) is 9.59 Å². The Bertz CT molecular complexity index is 663. The summed E-state index contributed by atoms with van der Waals surface area (Å²) in [7, 11) is 0. The summed E-state index contributed by atoms with van der Waals surface area (Å²) < 4.78 is 4.99. The summed E-state index contributed by atoms with van der Waals surface area (Å²) in [6, 6.07) is 7.30. The average Bonchev–Trinajstić information content (AvgIpc) is 2.86. The first kappa shape index (κ1) is 14.8. The smallest absolute Gasteiger partial charge is 0.305 e. The Morgan fingerprint density at radius 2 is 1.95 bits per heavy atom. The molecule has 0 fully saturated rings. The van der Waals surface area contributed by atoms with Crippen LogP contribution in [0.15, 0.2) is 35.0 Å². The second-order valence-electron chi connectivity index (χ2n) is 4.72. The van der Waals surface area contributed by atoms with Gasteiger partial charge in [0.05, 0.1) is 12.6 Å². The number of anilines is 1. The number of carboxylic acids is 1. The number of amides is 1. The van der Waals surface area contributed by atoms with E-state index in [0.717, 1.165) is 5.56 Å². The van der Waals surface area contributed by atoms with Crippen molar-refractivity contribution in [1.29, 1.82) is 0 Å². The number of carbonyl (C=O) groups is 2. The van der Waals surface area contributed by atoms with E-state index >= 15 is 0 Å². The summed E-state index contributed by atoms with van der Waals surface area (Å²) in [5.74, 6) is -1.22. The number of aryl methyl sites for hydroxylation is 2. The minimum absolute atomic E-state index is 0.0686. The van der Waals surface area contributed by atoms with Crippen LogP contribution in [0.3, 0.4) is 0 Å². The highest BCUT2D eigenvalue weighted by Gasteiger charge is 2.24. The van der Waals surface area contributed by atoms with Crippen molar-refractivity contribution in [1.82, 2.24) is 5.16 Å². The molecule has 0 bridgehead atoms. The van der Waals surface area contributed by atoms with Gasteiger partial charge in [-0.05, 0) is 25.5 Å². The molecule has 2 aromatic rings. The number of para-hydroxylation sites is 1. The molecule has 0 aliphatic heterocycles. The van der Waals surface area contributed by atoms with Crippen molar-refractivity contribution in [2.45, 2.75) is 20.3 Å². The number of benzene rings is 1. The molecule has 0 aliphatic rings. The van der Waals surface area contributed by atoms with E-state index in [9.17, 15) is 9.59 Å². The predicted octanol–water partition coefficient (Wildman–Crippen LogP) is 2.41. The van der Waals surface area contributed by atoms with Crippen molar-refractivity contribution in [3.63, 3.8) is 0 Å². The van der Waals surface area contributed by atoms with Gasteiger partial charge in [-0.1, -0.05) is 23.4 Å². The van der Waals surface area contributed by atoms with E-state index < -0.39 is 5.97 Å². The van der Waals surface area contributed by atoms with Gasteiger partial charge in [0.1, 0.15) is 0 Å². The molecule has 2 rings (SSSR count). The number of nitrogens with zero attached hydrogens (tertiary/aromatic N) is 2. The highest BCUT2D eigenvalue weighted by molar-refractivity contribution is 6.05. The molecule has 110 valence electrons. The fraction of sp³-hybridized carbons (Fsp3) is 0.267. The molecule has 1 N–H and O–H groups in total. The fourth-order valence-corrected chi connectivity index (χ4v) is 2.02. The van der Waals surface area contributed by atoms with Crippen molar-refractivity contribution in [2.75, 3.05) is 11.4 Å². The Balaban J connectivity index is 2.37. The van der Waals surface area contributed by atoms with Crippen molar-refractivity contribution >= 4 is 17.6 Å². The summed E-state index contributed by atoms with van der Waals surface area (Å²) in [5, 5.41) is 12.5. The van der Waals surface area contributed by atoms with Crippen molar-refractivity contribution in [3.8, 4) is 0 Å². The maximum absolute atomic E-state index is 12.6. The van der Waals surface area contributed by atoms with E-state index in [4.69, 9.17) is 9.63 Å². The minimum Gasteiger partial charge on any atom is -0.481 e. The first-order valence-electron chi connectivity index (χ1n) is 6.51. The Morgan fingerprint density at radius 1 is 1.24 bits per heavy atom. The van der Waals surface area contributed by atoms with Gasteiger partial charge in [-0.2, -0.15) is 0 Å². The quantitative estimate of drug-likeness (QED) is 0.913. The molecule has 1 heterocycles. The monoisotopic (exact) mass is 288 g/mol. The second-order valence-corrected chi connectivity index (χ2v) is 4.72. The van der Waals surface area contributed by atoms with Crippen LogP contribution in [-0.2, 0) is 4.79 Å². The molecular weight excluding hydrogens is 272 g/mol. The molecule has 1 amide bonds. The van der Waals surface area contributed by atoms with E-state index in [1.807, 2.05) is 19.1 Å². The van der Waals surface area contributed by atoms with E-state index in [1.54, 1.807) is 19.1 Å². The van der Waals surface area contributed by atoms with E-state index in [-0.39, 0.29) is 24.6 Å². The highest BCUT2D eigenvalue weighted by Crippen LogP contribution is 2.23. The molecule has 1 aromatic carbocycles. The zero-order valence-corrected chi connectivity index (χ0v) is 11.9.